The quantitative estimate of drug-likeness (QED) is 0.517. The number of benzene rings is 1. The van der Waals surface area contributed by atoms with Gasteiger partial charge in [-0.05, 0) is 30.7 Å². The van der Waals surface area contributed by atoms with Gasteiger partial charge in [0.2, 0.25) is 10.0 Å². The Hall–Kier alpha value is -0.580. The second kappa shape index (κ2) is 8.32. The van der Waals surface area contributed by atoms with Crippen LogP contribution < -0.4 is 10.0 Å². The van der Waals surface area contributed by atoms with E-state index < -0.39 is 10.0 Å². The summed E-state index contributed by atoms with van der Waals surface area (Å²) in [6.07, 6.45) is 0. The van der Waals surface area contributed by atoms with Gasteiger partial charge in [-0.25, -0.2) is 13.1 Å². The van der Waals surface area contributed by atoms with Gasteiger partial charge in [0.15, 0.2) is 5.96 Å². The summed E-state index contributed by atoms with van der Waals surface area (Å²) in [6.45, 7) is 4.15. The van der Waals surface area contributed by atoms with E-state index in [0.29, 0.717) is 17.1 Å². The molecule has 9 heteroatoms. The van der Waals surface area contributed by atoms with Gasteiger partial charge in [-0.3, -0.25) is 4.99 Å². The van der Waals surface area contributed by atoms with Crippen molar-refractivity contribution >= 4 is 51.6 Å². The standard InChI is InChI=1S/C13H19ClN4O2S.HI/c1-10-9-11(14)3-4-12(10)21(19,20)17-6-5-15-13-16-7-8-18(13)2;/h3-4,9,17H,5-8H2,1-2H3,(H,15,16);1H. The highest BCUT2D eigenvalue weighted by Crippen LogP contribution is 2.19. The van der Waals surface area contributed by atoms with Crippen LogP contribution in [-0.4, -0.2) is 52.5 Å². The summed E-state index contributed by atoms with van der Waals surface area (Å²) in [5.41, 5.74) is 0.628. The summed E-state index contributed by atoms with van der Waals surface area (Å²) in [4.78, 5) is 6.52. The molecule has 2 rings (SSSR count). The molecule has 0 unspecified atom stereocenters. The minimum absolute atomic E-state index is 0. The summed E-state index contributed by atoms with van der Waals surface area (Å²) in [5, 5.41) is 3.63. The zero-order valence-corrected chi connectivity index (χ0v) is 16.4. The molecule has 0 saturated carbocycles. The summed E-state index contributed by atoms with van der Waals surface area (Å²) < 4.78 is 27.0. The van der Waals surface area contributed by atoms with Crippen molar-refractivity contribution in [1.82, 2.24) is 14.9 Å². The van der Waals surface area contributed by atoms with Crippen molar-refractivity contribution < 1.29 is 8.42 Å². The van der Waals surface area contributed by atoms with Gasteiger partial charge in [-0.1, -0.05) is 11.6 Å². The number of aryl methyl sites for hydroxylation is 1. The van der Waals surface area contributed by atoms with Crippen molar-refractivity contribution in [3.63, 3.8) is 0 Å². The van der Waals surface area contributed by atoms with Crippen LogP contribution in [0, 0.1) is 6.92 Å². The molecule has 22 heavy (non-hydrogen) atoms. The van der Waals surface area contributed by atoms with Gasteiger partial charge in [0.05, 0.1) is 11.4 Å². The smallest absolute Gasteiger partial charge is 0.240 e. The number of aliphatic imine (C=N–C) groups is 1. The molecule has 0 saturated heterocycles. The van der Waals surface area contributed by atoms with Crippen LogP contribution in [0.4, 0.5) is 0 Å². The number of hydrogen-bond acceptors (Lipinski definition) is 5. The van der Waals surface area contributed by atoms with E-state index in [9.17, 15) is 8.42 Å². The Kier molecular flexibility index (Phi) is 7.36. The van der Waals surface area contributed by atoms with Crippen molar-refractivity contribution in [3.8, 4) is 0 Å². The van der Waals surface area contributed by atoms with Crippen LogP contribution in [-0.2, 0) is 10.0 Å². The Morgan fingerprint density at radius 3 is 2.68 bits per heavy atom. The number of nitrogens with one attached hydrogen (secondary N) is 2. The average molecular weight is 459 g/mol. The fraction of sp³-hybridized carbons (Fsp3) is 0.462. The van der Waals surface area contributed by atoms with Crippen LogP contribution in [0.5, 0.6) is 0 Å². The molecule has 0 aromatic heterocycles. The average Bonchev–Trinajstić information content (AvgIpc) is 2.80. The zero-order chi connectivity index (χ0) is 15.5. The normalized spacial score (nSPS) is 14.5. The van der Waals surface area contributed by atoms with E-state index in [1.54, 1.807) is 19.1 Å². The number of guanidine groups is 1. The highest BCUT2D eigenvalue weighted by molar-refractivity contribution is 14.0. The van der Waals surface area contributed by atoms with E-state index in [-0.39, 0.29) is 35.4 Å². The molecular formula is C13H20ClIN4O2S. The molecule has 1 aliphatic heterocycles. The maximum Gasteiger partial charge on any atom is 0.240 e. The Labute approximate surface area is 153 Å². The number of nitrogens with zero attached hydrogens (tertiary/aromatic N) is 2. The SMILES string of the molecule is Cc1cc(Cl)ccc1S(=O)(=O)NCCNC1=NCCN1C.I. The molecule has 0 amide bonds. The fourth-order valence-electron chi connectivity index (χ4n) is 2.08. The number of hydrogen-bond donors (Lipinski definition) is 2. The molecule has 124 valence electrons. The number of likely N-dealkylation sites (N-methyl/N-ethyl adjacent to an activating group) is 1. The Morgan fingerprint density at radius 1 is 1.36 bits per heavy atom. The molecule has 0 spiro atoms. The number of halogens is 2. The van der Waals surface area contributed by atoms with Gasteiger partial charge in [0.1, 0.15) is 0 Å². The van der Waals surface area contributed by atoms with Gasteiger partial charge in [-0.2, -0.15) is 0 Å². The lowest BCUT2D eigenvalue weighted by molar-refractivity contribution is 0.533. The second-order valence-corrected chi connectivity index (χ2v) is 7.03. The van der Waals surface area contributed by atoms with Crippen LogP contribution in [0.1, 0.15) is 5.56 Å². The lowest BCUT2D eigenvalue weighted by Gasteiger charge is -2.15. The highest BCUT2D eigenvalue weighted by atomic mass is 127. The van der Waals surface area contributed by atoms with Gasteiger partial charge in [-0.15, -0.1) is 24.0 Å². The van der Waals surface area contributed by atoms with Crippen molar-refractivity contribution in [2.24, 2.45) is 4.99 Å². The maximum atomic E-state index is 12.2. The molecule has 2 N–H and O–H groups in total. The minimum atomic E-state index is -3.52. The van der Waals surface area contributed by atoms with E-state index >= 15 is 0 Å². The third kappa shape index (κ3) is 4.97. The molecule has 0 radical (unpaired) electrons. The number of rotatable bonds is 5. The van der Waals surface area contributed by atoms with Crippen molar-refractivity contribution in [1.29, 1.82) is 0 Å². The second-order valence-electron chi connectivity index (χ2n) is 4.86. The Balaban J connectivity index is 0.00000242. The third-order valence-electron chi connectivity index (χ3n) is 3.19. The van der Waals surface area contributed by atoms with Gasteiger partial charge >= 0.3 is 0 Å². The largest absolute Gasteiger partial charge is 0.355 e. The predicted molar refractivity (Wildman–Crippen MR) is 99.7 cm³/mol. The van der Waals surface area contributed by atoms with Gasteiger partial charge in [0, 0.05) is 31.7 Å². The van der Waals surface area contributed by atoms with E-state index in [1.807, 2.05) is 11.9 Å². The molecule has 6 nitrogen and oxygen atoms in total. The first-order chi connectivity index (χ1) is 9.90. The van der Waals surface area contributed by atoms with Crippen LogP contribution >= 0.6 is 35.6 Å². The van der Waals surface area contributed by atoms with Crippen LogP contribution in [0.15, 0.2) is 28.1 Å². The molecule has 0 fully saturated rings. The van der Waals surface area contributed by atoms with E-state index in [0.717, 1.165) is 19.0 Å². The fourth-order valence-corrected chi connectivity index (χ4v) is 3.56. The minimum Gasteiger partial charge on any atom is -0.355 e. The van der Waals surface area contributed by atoms with Crippen molar-refractivity contribution in [2.75, 3.05) is 33.2 Å². The van der Waals surface area contributed by atoms with E-state index in [1.165, 1.54) is 6.07 Å². The highest BCUT2D eigenvalue weighted by Gasteiger charge is 2.17. The van der Waals surface area contributed by atoms with Gasteiger partial charge < -0.3 is 10.2 Å². The monoisotopic (exact) mass is 458 g/mol. The Morgan fingerprint density at radius 2 is 2.09 bits per heavy atom. The summed E-state index contributed by atoms with van der Waals surface area (Å²) >= 11 is 5.84. The third-order valence-corrected chi connectivity index (χ3v) is 5.04. The maximum absolute atomic E-state index is 12.2. The molecule has 1 aromatic rings. The molecular weight excluding hydrogens is 439 g/mol. The van der Waals surface area contributed by atoms with E-state index in [2.05, 4.69) is 15.0 Å². The van der Waals surface area contributed by atoms with E-state index in [4.69, 9.17) is 11.6 Å². The van der Waals surface area contributed by atoms with Crippen LogP contribution in [0.3, 0.4) is 0 Å². The summed E-state index contributed by atoms with van der Waals surface area (Å²) in [6, 6.07) is 4.72. The molecule has 1 aliphatic rings. The van der Waals surface area contributed by atoms with Crippen molar-refractivity contribution in [2.45, 2.75) is 11.8 Å². The first-order valence-corrected chi connectivity index (χ1v) is 8.51. The topological polar surface area (TPSA) is 73.8 Å². The van der Waals surface area contributed by atoms with Gasteiger partial charge in [0.25, 0.3) is 0 Å². The number of sulfonamides is 1. The zero-order valence-electron chi connectivity index (χ0n) is 12.5. The molecule has 1 aromatic carbocycles. The predicted octanol–water partition coefficient (Wildman–Crippen LogP) is 1.44. The lowest BCUT2D eigenvalue weighted by Crippen LogP contribution is -2.40. The van der Waals surface area contributed by atoms with Crippen LogP contribution in [0.25, 0.3) is 0 Å². The lowest BCUT2D eigenvalue weighted by atomic mass is 10.2. The first-order valence-electron chi connectivity index (χ1n) is 6.65. The Bertz CT molecular complexity index is 651. The first kappa shape index (κ1) is 19.5. The molecule has 0 aliphatic carbocycles. The van der Waals surface area contributed by atoms with Crippen LogP contribution in [0.2, 0.25) is 5.02 Å². The summed E-state index contributed by atoms with van der Waals surface area (Å²) in [7, 11) is -1.57. The van der Waals surface area contributed by atoms with Crippen molar-refractivity contribution in [3.05, 3.63) is 28.8 Å². The molecule has 1 heterocycles. The summed E-state index contributed by atoms with van der Waals surface area (Å²) in [5.74, 6) is 0.803. The molecule has 0 atom stereocenters. The molecule has 0 bridgehead atoms.